The van der Waals surface area contributed by atoms with Gasteiger partial charge in [-0.1, -0.05) is 50.2 Å². The van der Waals surface area contributed by atoms with Crippen molar-refractivity contribution in [3.63, 3.8) is 0 Å². The molecule has 3 aromatic rings. The molecule has 0 N–H and O–H groups in total. The van der Waals surface area contributed by atoms with Crippen LogP contribution in [0.3, 0.4) is 0 Å². The van der Waals surface area contributed by atoms with Gasteiger partial charge in [-0.15, -0.1) is 10.2 Å². The molecule has 2 aromatic carbocycles. The van der Waals surface area contributed by atoms with Crippen molar-refractivity contribution < 1.29 is 4.79 Å². The molecule has 1 saturated heterocycles. The zero-order valence-electron chi connectivity index (χ0n) is 16.5. The van der Waals surface area contributed by atoms with Crippen LogP contribution in [-0.4, -0.2) is 47.2 Å². The molecule has 1 fully saturated rings. The van der Waals surface area contributed by atoms with Gasteiger partial charge in [-0.25, -0.2) is 0 Å². The molecule has 0 bridgehead atoms. The summed E-state index contributed by atoms with van der Waals surface area (Å²) in [5.74, 6) is 1.53. The van der Waals surface area contributed by atoms with E-state index in [1.54, 1.807) is 0 Å². The van der Waals surface area contributed by atoms with Gasteiger partial charge in [0.15, 0.2) is 5.82 Å². The number of fused-ring (bicyclic) bond motifs is 1. The Bertz CT molecular complexity index is 960. The van der Waals surface area contributed by atoms with Gasteiger partial charge >= 0.3 is 0 Å². The van der Waals surface area contributed by atoms with Gasteiger partial charge in [-0.2, -0.15) is 0 Å². The fourth-order valence-electron chi connectivity index (χ4n) is 3.66. The zero-order chi connectivity index (χ0) is 19.5. The fraction of sp³-hybridized carbons (Fsp3) is 0.348. The van der Waals surface area contributed by atoms with Gasteiger partial charge in [0, 0.05) is 38.2 Å². The van der Waals surface area contributed by atoms with Crippen LogP contribution in [0, 0.1) is 5.92 Å². The van der Waals surface area contributed by atoms with E-state index in [4.69, 9.17) is 0 Å². The monoisotopic (exact) mass is 374 g/mol. The number of carbonyl (C=O) groups excluding carboxylic acids is 1. The molecule has 5 heteroatoms. The van der Waals surface area contributed by atoms with Gasteiger partial charge in [-0.05, 0) is 34.9 Å². The Labute approximate surface area is 166 Å². The molecule has 0 aliphatic carbocycles. The zero-order valence-corrected chi connectivity index (χ0v) is 16.5. The van der Waals surface area contributed by atoms with E-state index >= 15 is 0 Å². The van der Waals surface area contributed by atoms with Crippen LogP contribution in [0.1, 0.15) is 20.3 Å². The van der Waals surface area contributed by atoms with Crippen LogP contribution < -0.4 is 4.90 Å². The molecule has 0 unspecified atom stereocenters. The summed E-state index contributed by atoms with van der Waals surface area (Å²) in [5.41, 5.74) is 1.95. The standard InChI is InChI=1S/C23H26N4O/c1-17(2)15-23(28)27-13-11-26(12-14-27)22-10-9-21(24-25-22)20-8-7-18-5-3-4-6-19(18)16-20/h3-10,16-17H,11-15H2,1-2H3. The maximum atomic E-state index is 12.2. The van der Waals surface area contributed by atoms with E-state index in [1.807, 2.05) is 29.2 Å². The van der Waals surface area contributed by atoms with Gasteiger partial charge in [0.25, 0.3) is 0 Å². The first kappa shape index (κ1) is 18.4. The molecule has 1 amide bonds. The highest BCUT2D eigenvalue weighted by molar-refractivity contribution is 5.86. The van der Waals surface area contributed by atoms with Gasteiger partial charge in [0.1, 0.15) is 0 Å². The molecule has 0 atom stereocenters. The van der Waals surface area contributed by atoms with Crippen LogP contribution in [0.2, 0.25) is 0 Å². The third-order valence-corrected chi connectivity index (χ3v) is 5.23. The van der Waals surface area contributed by atoms with E-state index in [-0.39, 0.29) is 5.91 Å². The number of aromatic nitrogens is 2. The third kappa shape index (κ3) is 3.98. The molecular formula is C23H26N4O. The molecule has 1 aliphatic heterocycles. The Morgan fingerprint density at radius 3 is 2.36 bits per heavy atom. The molecule has 0 radical (unpaired) electrons. The Morgan fingerprint density at radius 2 is 1.68 bits per heavy atom. The summed E-state index contributed by atoms with van der Waals surface area (Å²) in [7, 11) is 0. The minimum absolute atomic E-state index is 0.257. The molecule has 0 saturated carbocycles. The summed E-state index contributed by atoms with van der Waals surface area (Å²) in [6.45, 7) is 7.27. The van der Waals surface area contributed by atoms with Crippen LogP contribution in [0.5, 0.6) is 0 Å². The Balaban J connectivity index is 1.43. The van der Waals surface area contributed by atoms with Crippen LogP contribution in [0.4, 0.5) is 5.82 Å². The van der Waals surface area contributed by atoms with Crippen molar-refractivity contribution in [2.45, 2.75) is 20.3 Å². The van der Waals surface area contributed by atoms with Gasteiger partial charge < -0.3 is 9.80 Å². The van der Waals surface area contributed by atoms with Crippen molar-refractivity contribution in [3.05, 3.63) is 54.6 Å². The van der Waals surface area contributed by atoms with Gasteiger partial charge in [-0.3, -0.25) is 4.79 Å². The summed E-state index contributed by atoms with van der Waals surface area (Å²) in [6.07, 6.45) is 0.625. The number of hydrogen-bond acceptors (Lipinski definition) is 4. The van der Waals surface area contributed by atoms with Crippen molar-refractivity contribution in [1.82, 2.24) is 15.1 Å². The minimum atomic E-state index is 0.257. The van der Waals surface area contributed by atoms with E-state index in [0.29, 0.717) is 12.3 Å². The van der Waals surface area contributed by atoms with E-state index < -0.39 is 0 Å². The first-order valence-corrected chi connectivity index (χ1v) is 9.96. The first-order valence-electron chi connectivity index (χ1n) is 9.96. The Morgan fingerprint density at radius 1 is 0.929 bits per heavy atom. The van der Waals surface area contributed by atoms with Crippen LogP contribution in [0.25, 0.3) is 22.0 Å². The lowest BCUT2D eigenvalue weighted by atomic mass is 10.1. The van der Waals surface area contributed by atoms with E-state index in [1.165, 1.54) is 10.8 Å². The number of amides is 1. The number of carbonyl (C=O) groups is 1. The van der Waals surface area contributed by atoms with Crippen molar-refractivity contribution in [1.29, 1.82) is 0 Å². The fourth-order valence-corrected chi connectivity index (χ4v) is 3.66. The maximum absolute atomic E-state index is 12.2. The molecule has 2 heterocycles. The average Bonchev–Trinajstić information content (AvgIpc) is 2.73. The topological polar surface area (TPSA) is 49.3 Å². The highest BCUT2D eigenvalue weighted by Gasteiger charge is 2.22. The van der Waals surface area contributed by atoms with Crippen LogP contribution in [0.15, 0.2) is 54.6 Å². The first-order chi connectivity index (χ1) is 13.6. The maximum Gasteiger partial charge on any atom is 0.222 e. The third-order valence-electron chi connectivity index (χ3n) is 5.23. The summed E-state index contributed by atoms with van der Waals surface area (Å²) < 4.78 is 0. The van der Waals surface area contributed by atoms with E-state index in [9.17, 15) is 4.79 Å². The molecule has 144 valence electrons. The van der Waals surface area contributed by atoms with Crippen molar-refractivity contribution in [2.75, 3.05) is 31.1 Å². The number of rotatable bonds is 4. The normalized spacial score (nSPS) is 14.7. The predicted octanol–water partition coefficient (Wildman–Crippen LogP) is 3.99. The van der Waals surface area contributed by atoms with Crippen LogP contribution >= 0.6 is 0 Å². The summed E-state index contributed by atoms with van der Waals surface area (Å²) in [5, 5.41) is 11.3. The molecule has 1 aromatic heterocycles. The van der Waals surface area contributed by atoms with Crippen molar-refractivity contribution in [2.24, 2.45) is 5.92 Å². The number of hydrogen-bond donors (Lipinski definition) is 0. The molecule has 28 heavy (non-hydrogen) atoms. The molecule has 0 spiro atoms. The summed E-state index contributed by atoms with van der Waals surface area (Å²) in [6, 6.07) is 18.7. The van der Waals surface area contributed by atoms with E-state index in [0.717, 1.165) is 43.3 Å². The largest absolute Gasteiger partial charge is 0.352 e. The average molecular weight is 374 g/mol. The van der Waals surface area contributed by atoms with E-state index in [2.05, 4.69) is 59.3 Å². The lowest BCUT2D eigenvalue weighted by molar-refractivity contribution is -0.132. The lowest BCUT2D eigenvalue weighted by Gasteiger charge is -2.35. The van der Waals surface area contributed by atoms with Crippen molar-refractivity contribution in [3.8, 4) is 11.3 Å². The molecule has 5 nitrogen and oxygen atoms in total. The Kier molecular flexibility index (Phi) is 5.24. The SMILES string of the molecule is CC(C)CC(=O)N1CCN(c2ccc(-c3ccc4ccccc4c3)nn2)CC1. The van der Waals surface area contributed by atoms with Crippen LogP contribution in [-0.2, 0) is 4.79 Å². The quantitative estimate of drug-likeness (QED) is 0.693. The number of anilines is 1. The molecular weight excluding hydrogens is 348 g/mol. The number of piperazine rings is 1. The van der Waals surface area contributed by atoms with Gasteiger partial charge in [0.05, 0.1) is 5.69 Å². The smallest absolute Gasteiger partial charge is 0.222 e. The second kappa shape index (κ2) is 7.97. The molecule has 1 aliphatic rings. The molecule has 4 rings (SSSR count). The minimum Gasteiger partial charge on any atom is -0.352 e. The number of benzene rings is 2. The lowest BCUT2D eigenvalue weighted by Crippen LogP contribution is -2.49. The second-order valence-electron chi connectivity index (χ2n) is 7.80. The highest BCUT2D eigenvalue weighted by Crippen LogP contribution is 2.24. The predicted molar refractivity (Wildman–Crippen MR) is 113 cm³/mol. The second-order valence-corrected chi connectivity index (χ2v) is 7.80. The summed E-state index contributed by atoms with van der Waals surface area (Å²) >= 11 is 0. The van der Waals surface area contributed by atoms with Gasteiger partial charge in [0.2, 0.25) is 5.91 Å². The number of nitrogens with zero attached hydrogens (tertiary/aromatic N) is 4. The summed E-state index contributed by atoms with van der Waals surface area (Å²) in [4.78, 5) is 16.4. The van der Waals surface area contributed by atoms with Crippen molar-refractivity contribution >= 4 is 22.5 Å². The Hall–Kier alpha value is -2.95. The highest BCUT2D eigenvalue weighted by atomic mass is 16.2.